The number of hydrogen-bond donors (Lipinski definition) is 2. The molecule has 0 saturated heterocycles. The predicted octanol–water partition coefficient (Wildman–Crippen LogP) is 5.53. The number of anilines is 2. The Hall–Kier alpha value is -4.14. The van der Waals surface area contributed by atoms with Crippen molar-refractivity contribution in [1.82, 2.24) is 10.2 Å². The maximum Gasteiger partial charge on any atom is 0.234 e. The molecule has 11 heteroatoms. The van der Waals surface area contributed by atoms with Crippen molar-refractivity contribution in [3.63, 3.8) is 0 Å². The number of ketones is 1. The van der Waals surface area contributed by atoms with Gasteiger partial charge in [0.05, 0.1) is 36.1 Å². The number of methoxy groups -OCH3 is 1. The third kappa shape index (κ3) is 5.58. The number of nitrogens with one attached hydrogen (secondary N) is 1. The van der Waals surface area contributed by atoms with Crippen molar-refractivity contribution in [1.29, 1.82) is 5.26 Å². The topological polar surface area (TPSA) is 134 Å². The lowest BCUT2D eigenvalue weighted by Crippen LogP contribution is -2.42. The van der Waals surface area contributed by atoms with Crippen LogP contribution in [0.15, 0.2) is 75.5 Å². The van der Waals surface area contributed by atoms with Crippen LogP contribution in [0.5, 0.6) is 5.75 Å². The zero-order valence-corrected chi connectivity index (χ0v) is 24.9. The number of aromatic nitrogens is 2. The zero-order valence-electron chi connectivity index (χ0n) is 23.2. The fraction of sp³-hybridized carbons (Fsp3) is 0.300. The second-order valence-electron chi connectivity index (χ2n) is 10.7. The number of hydrogen-bond acceptors (Lipinski definition) is 10. The van der Waals surface area contributed by atoms with Crippen LogP contribution in [-0.2, 0) is 9.59 Å². The van der Waals surface area contributed by atoms with E-state index in [4.69, 9.17) is 10.5 Å². The molecule has 2 aliphatic rings. The molecule has 41 heavy (non-hydrogen) atoms. The van der Waals surface area contributed by atoms with Gasteiger partial charge in [-0.2, -0.15) is 5.26 Å². The molecule has 1 aliphatic carbocycles. The molecule has 1 unspecified atom stereocenters. The average molecular weight is 587 g/mol. The summed E-state index contributed by atoms with van der Waals surface area (Å²) in [6, 6.07) is 17.3. The van der Waals surface area contributed by atoms with Crippen LogP contribution in [0.1, 0.15) is 43.7 Å². The molecule has 1 aliphatic heterocycles. The Morgan fingerprint density at radius 1 is 1.22 bits per heavy atom. The number of para-hydroxylation sites is 2. The van der Waals surface area contributed by atoms with E-state index in [2.05, 4.69) is 35.4 Å². The van der Waals surface area contributed by atoms with Crippen LogP contribution in [-0.4, -0.2) is 34.8 Å². The van der Waals surface area contributed by atoms with E-state index in [1.807, 2.05) is 43.3 Å². The van der Waals surface area contributed by atoms with Crippen molar-refractivity contribution < 1.29 is 14.3 Å². The molecule has 3 aromatic rings. The number of amides is 1. The van der Waals surface area contributed by atoms with Crippen LogP contribution >= 0.6 is 23.1 Å². The van der Waals surface area contributed by atoms with E-state index in [-0.39, 0.29) is 28.7 Å². The number of rotatable bonds is 7. The number of Topliss-reactive ketones (excluding diaryl/α,β-unsaturated/α-hetero) is 1. The van der Waals surface area contributed by atoms with Gasteiger partial charge < -0.3 is 15.8 Å². The standard InChI is InChI=1S/C30H30N6O3S2/c1-17-9-5-6-10-18(17)25-19(15-31)27(32)36(21-13-30(2,3)14-22(37)26(21)25)28-34-35-29(41-28)40-16-24(38)33-20-11-7-8-12-23(20)39-4/h5-12,25H,13-14,16,32H2,1-4H3,(H,33,38). The number of nitriles is 1. The number of carbonyl (C=O) groups excluding carboxylic acids is 2. The second-order valence-corrected chi connectivity index (χ2v) is 12.9. The fourth-order valence-corrected chi connectivity index (χ4v) is 7.04. The average Bonchev–Trinajstić information content (AvgIpc) is 3.40. The van der Waals surface area contributed by atoms with Gasteiger partial charge in [-0.1, -0.05) is 73.3 Å². The Kier molecular flexibility index (Phi) is 7.89. The van der Waals surface area contributed by atoms with Crippen LogP contribution < -0.4 is 20.7 Å². The minimum Gasteiger partial charge on any atom is -0.495 e. The van der Waals surface area contributed by atoms with Gasteiger partial charge in [0, 0.05) is 17.7 Å². The molecule has 9 nitrogen and oxygen atoms in total. The lowest BCUT2D eigenvalue weighted by molar-refractivity contribution is -0.118. The van der Waals surface area contributed by atoms with Crippen LogP contribution in [0.2, 0.25) is 0 Å². The zero-order chi connectivity index (χ0) is 29.3. The number of nitrogens with zero attached hydrogens (tertiary/aromatic N) is 4. The minimum atomic E-state index is -0.545. The third-order valence-electron chi connectivity index (χ3n) is 7.18. The molecule has 0 saturated carbocycles. The minimum absolute atomic E-state index is 0.00174. The first-order valence-electron chi connectivity index (χ1n) is 13.0. The molecule has 210 valence electrons. The van der Waals surface area contributed by atoms with Gasteiger partial charge in [0.15, 0.2) is 10.1 Å². The summed E-state index contributed by atoms with van der Waals surface area (Å²) in [5.41, 5.74) is 10.5. The SMILES string of the molecule is COc1ccccc1NC(=O)CSc1nnc(N2C(N)=C(C#N)C(c3ccccc3C)C3=C2CC(C)(C)CC3=O)s1. The van der Waals surface area contributed by atoms with Gasteiger partial charge >= 0.3 is 0 Å². The second kappa shape index (κ2) is 11.4. The van der Waals surface area contributed by atoms with E-state index in [0.29, 0.717) is 44.9 Å². The molecule has 2 heterocycles. The first-order chi connectivity index (χ1) is 19.6. The normalized spacial score (nSPS) is 18.2. The molecular weight excluding hydrogens is 557 g/mol. The number of benzene rings is 2. The molecular formula is C30H30N6O3S2. The molecule has 0 bridgehead atoms. The van der Waals surface area contributed by atoms with Crippen molar-refractivity contribution in [2.24, 2.45) is 11.1 Å². The summed E-state index contributed by atoms with van der Waals surface area (Å²) >= 11 is 2.51. The summed E-state index contributed by atoms with van der Waals surface area (Å²) in [5, 5.41) is 22.3. The molecule has 3 N–H and O–H groups in total. The Balaban J connectivity index is 1.46. The Bertz CT molecular complexity index is 1630. The molecule has 2 aromatic carbocycles. The first kappa shape index (κ1) is 28.4. The highest BCUT2D eigenvalue weighted by Gasteiger charge is 2.45. The maximum atomic E-state index is 13.7. The Labute approximate surface area is 247 Å². The summed E-state index contributed by atoms with van der Waals surface area (Å²) in [4.78, 5) is 28.1. The molecule has 0 fully saturated rings. The van der Waals surface area contributed by atoms with Crippen molar-refractivity contribution in [2.75, 3.05) is 23.1 Å². The van der Waals surface area contributed by atoms with E-state index < -0.39 is 5.92 Å². The maximum absolute atomic E-state index is 13.7. The summed E-state index contributed by atoms with van der Waals surface area (Å²) in [7, 11) is 1.55. The summed E-state index contributed by atoms with van der Waals surface area (Å²) in [6.07, 6.45) is 0.957. The number of ether oxygens (including phenoxy) is 1. The van der Waals surface area contributed by atoms with E-state index in [1.165, 1.54) is 23.1 Å². The Morgan fingerprint density at radius 2 is 1.95 bits per heavy atom. The molecule has 1 aromatic heterocycles. The lowest BCUT2D eigenvalue weighted by Gasteiger charge is -2.42. The molecule has 0 spiro atoms. The van der Waals surface area contributed by atoms with Gasteiger partial charge in [0.25, 0.3) is 0 Å². The predicted molar refractivity (Wildman–Crippen MR) is 161 cm³/mol. The Morgan fingerprint density at radius 3 is 2.68 bits per heavy atom. The number of allylic oxidation sites excluding steroid dienone is 3. The van der Waals surface area contributed by atoms with Crippen LogP contribution in [0.3, 0.4) is 0 Å². The molecule has 1 amide bonds. The quantitative estimate of drug-likeness (QED) is 0.343. The summed E-state index contributed by atoms with van der Waals surface area (Å²) in [5.74, 6) is 0.162. The molecule has 1 atom stereocenters. The van der Waals surface area contributed by atoms with Crippen LogP contribution in [0, 0.1) is 23.7 Å². The largest absolute Gasteiger partial charge is 0.495 e. The molecule has 0 radical (unpaired) electrons. The highest BCUT2D eigenvalue weighted by Crippen LogP contribution is 2.51. The van der Waals surface area contributed by atoms with Gasteiger partial charge in [0.2, 0.25) is 11.0 Å². The lowest BCUT2D eigenvalue weighted by atomic mass is 9.68. The smallest absolute Gasteiger partial charge is 0.234 e. The van der Waals surface area contributed by atoms with Crippen molar-refractivity contribution in [3.05, 3.63) is 82.3 Å². The van der Waals surface area contributed by atoms with Gasteiger partial charge in [-0.15, -0.1) is 10.2 Å². The van der Waals surface area contributed by atoms with Gasteiger partial charge in [-0.3, -0.25) is 14.5 Å². The van der Waals surface area contributed by atoms with E-state index in [0.717, 1.165) is 16.8 Å². The molecule has 5 rings (SSSR count). The van der Waals surface area contributed by atoms with Crippen LogP contribution in [0.25, 0.3) is 0 Å². The summed E-state index contributed by atoms with van der Waals surface area (Å²) in [6.45, 7) is 6.08. The number of nitrogens with two attached hydrogens (primary N) is 1. The first-order valence-corrected chi connectivity index (χ1v) is 14.8. The van der Waals surface area contributed by atoms with Crippen molar-refractivity contribution in [3.8, 4) is 11.8 Å². The fourth-order valence-electron chi connectivity index (χ4n) is 5.36. The number of aryl methyl sites for hydroxylation is 1. The van der Waals surface area contributed by atoms with Crippen LogP contribution in [0.4, 0.5) is 10.8 Å². The van der Waals surface area contributed by atoms with Gasteiger partial charge in [-0.25, -0.2) is 0 Å². The van der Waals surface area contributed by atoms with E-state index >= 15 is 0 Å². The monoisotopic (exact) mass is 586 g/mol. The number of thioether (sulfide) groups is 1. The highest BCUT2D eigenvalue weighted by atomic mass is 32.2. The van der Waals surface area contributed by atoms with Gasteiger partial charge in [0.1, 0.15) is 11.6 Å². The highest BCUT2D eigenvalue weighted by molar-refractivity contribution is 8.01. The van der Waals surface area contributed by atoms with Crippen molar-refractivity contribution in [2.45, 2.75) is 43.9 Å². The summed E-state index contributed by atoms with van der Waals surface area (Å²) < 4.78 is 5.86. The van der Waals surface area contributed by atoms with Gasteiger partial charge in [-0.05, 0) is 42.0 Å². The van der Waals surface area contributed by atoms with Crippen molar-refractivity contribution >= 4 is 45.6 Å². The van der Waals surface area contributed by atoms with E-state index in [9.17, 15) is 14.9 Å². The third-order valence-corrected chi connectivity index (χ3v) is 9.22. The number of carbonyl (C=O) groups is 2. The van der Waals surface area contributed by atoms with E-state index in [1.54, 1.807) is 24.1 Å².